The summed E-state index contributed by atoms with van der Waals surface area (Å²) in [4.78, 5) is 12.3. The molecule has 152 valence electrons. The summed E-state index contributed by atoms with van der Waals surface area (Å²) < 4.78 is 7.68. The van der Waals surface area contributed by atoms with Crippen LogP contribution in [0.2, 0.25) is 10.0 Å². The molecule has 1 N–H and O–H groups in total. The van der Waals surface area contributed by atoms with Crippen LogP contribution in [0, 0.1) is 6.92 Å². The van der Waals surface area contributed by atoms with E-state index < -0.39 is 0 Å². The fourth-order valence-corrected chi connectivity index (χ4v) is 3.69. The molecule has 6 nitrogen and oxygen atoms in total. The van der Waals surface area contributed by atoms with Crippen LogP contribution in [0.3, 0.4) is 0 Å². The topological polar surface area (TPSA) is 69.0 Å². The van der Waals surface area contributed by atoms with Gasteiger partial charge in [-0.1, -0.05) is 41.0 Å². The zero-order valence-electron chi connectivity index (χ0n) is 16.0. The summed E-state index contributed by atoms with van der Waals surface area (Å²) in [6, 6.07) is 12.5. The number of nitrogens with zero attached hydrogens (tertiary/aromatic N) is 3. The summed E-state index contributed by atoms with van der Waals surface area (Å²) in [6.07, 6.45) is 0. The third-order valence-electron chi connectivity index (χ3n) is 4.10. The maximum atomic E-state index is 12.3. The lowest BCUT2D eigenvalue weighted by atomic mass is 10.2. The smallest absolute Gasteiger partial charge is 0.234 e. The first-order chi connectivity index (χ1) is 14.0. The predicted molar refractivity (Wildman–Crippen MR) is 117 cm³/mol. The van der Waals surface area contributed by atoms with Crippen molar-refractivity contribution < 1.29 is 9.53 Å². The molecule has 0 unspecified atom stereocenters. The summed E-state index contributed by atoms with van der Waals surface area (Å²) >= 11 is 13.2. The first kappa shape index (κ1) is 21.5. The van der Waals surface area contributed by atoms with Gasteiger partial charge in [-0.25, -0.2) is 0 Å². The Hall–Kier alpha value is -2.22. The number of aryl methyl sites for hydroxylation is 1. The van der Waals surface area contributed by atoms with Crippen LogP contribution in [0.4, 0.5) is 5.69 Å². The Morgan fingerprint density at radius 3 is 2.59 bits per heavy atom. The molecular formula is C20H20Cl2N4O2S. The SMILES string of the molecule is CCn1c(COc2ccc(Cl)cc2)nnc1SCC(=O)Nc1cc(Cl)ccc1C. The van der Waals surface area contributed by atoms with Crippen molar-refractivity contribution in [3.05, 3.63) is 63.9 Å². The number of carbonyl (C=O) groups is 1. The van der Waals surface area contributed by atoms with E-state index in [4.69, 9.17) is 27.9 Å². The molecule has 0 atom stereocenters. The third-order valence-corrected chi connectivity index (χ3v) is 5.55. The number of benzene rings is 2. The van der Waals surface area contributed by atoms with Crippen LogP contribution in [0.15, 0.2) is 47.6 Å². The van der Waals surface area contributed by atoms with Crippen molar-refractivity contribution in [2.75, 3.05) is 11.1 Å². The first-order valence-electron chi connectivity index (χ1n) is 8.95. The van der Waals surface area contributed by atoms with Crippen molar-refractivity contribution in [1.82, 2.24) is 14.8 Å². The summed E-state index contributed by atoms with van der Waals surface area (Å²) in [5.41, 5.74) is 1.66. The van der Waals surface area contributed by atoms with Gasteiger partial charge in [-0.15, -0.1) is 10.2 Å². The first-order valence-corrected chi connectivity index (χ1v) is 10.7. The minimum absolute atomic E-state index is 0.134. The summed E-state index contributed by atoms with van der Waals surface area (Å²) in [7, 11) is 0. The van der Waals surface area contributed by atoms with Crippen molar-refractivity contribution in [1.29, 1.82) is 0 Å². The van der Waals surface area contributed by atoms with Crippen LogP contribution >= 0.6 is 35.0 Å². The number of hydrogen-bond donors (Lipinski definition) is 1. The second-order valence-electron chi connectivity index (χ2n) is 6.18. The van der Waals surface area contributed by atoms with E-state index in [1.165, 1.54) is 11.8 Å². The quantitative estimate of drug-likeness (QED) is 0.476. The third kappa shape index (κ3) is 5.88. The van der Waals surface area contributed by atoms with Gasteiger partial charge in [0.1, 0.15) is 12.4 Å². The van der Waals surface area contributed by atoms with E-state index in [1.807, 2.05) is 24.5 Å². The summed E-state index contributed by atoms with van der Waals surface area (Å²) in [5.74, 6) is 1.47. The standard InChI is InChI=1S/C20H20Cl2N4O2S/c1-3-26-18(11-28-16-8-6-14(21)7-9-16)24-25-20(26)29-12-19(27)23-17-10-15(22)5-4-13(17)2/h4-10H,3,11-12H2,1-2H3,(H,23,27). The molecule has 0 fully saturated rings. The molecule has 1 amide bonds. The molecule has 2 aromatic carbocycles. The van der Waals surface area contributed by atoms with Gasteiger partial charge in [0.15, 0.2) is 11.0 Å². The van der Waals surface area contributed by atoms with E-state index in [2.05, 4.69) is 15.5 Å². The molecule has 0 saturated carbocycles. The number of aromatic nitrogens is 3. The number of ether oxygens (including phenoxy) is 1. The van der Waals surface area contributed by atoms with Crippen molar-refractivity contribution in [2.24, 2.45) is 0 Å². The molecule has 9 heteroatoms. The minimum Gasteiger partial charge on any atom is -0.486 e. The largest absolute Gasteiger partial charge is 0.486 e. The average Bonchev–Trinajstić information content (AvgIpc) is 3.10. The Kier molecular flexibility index (Phi) is 7.41. The highest BCUT2D eigenvalue weighted by atomic mass is 35.5. The van der Waals surface area contributed by atoms with Gasteiger partial charge in [-0.2, -0.15) is 0 Å². The highest BCUT2D eigenvalue weighted by Crippen LogP contribution is 2.22. The number of carbonyl (C=O) groups excluding carboxylic acids is 1. The monoisotopic (exact) mass is 450 g/mol. The molecule has 1 heterocycles. The van der Waals surface area contributed by atoms with E-state index >= 15 is 0 Å². The van der Waals surface area contributed by atoms with Crippen LogP contribution in [-0.4, -0.2) is 26.4 Å². The number of hydrogen-bond acceptors (Lipinski definition) is 5. The second-order valence-corrected chi connectivity index (χ2v) is 8.00. The van der Waals surface area contributed by atoms with Gasteiger partial charge < -0.3 is 14.6 Å². The van der Waals surface area contributed by atoms with E-state index in [0.717, 1.165) is 5.56 Å². The predicted octanol–water partition coefficient (Wildman–Crippen LogP) is 5.22. The van der Waals surface area contributed by atoms with Crippen molar-refractivity contribution in [3.8, 4) is 5.75 Å². The van der Waals surface area contributed by atoms with Gasteiger partial charge in [0.25, 0.3) is 0 Å². The van der Waals surface area contributed by atoms with E-state index in [-0.39, 0.29) is 18.3 Å². The lowest BCUT2D eigenvalue weighted by molar-refractivity contribution is -0.113. The molecule has 0 spiro atoms. The Bertz CT molecular complexity index is 993. The zero-order valence-corrected chi connectivity index (χ0v) is 18.3. The molecule has 0 saturated heterocycles. The Labute approximate surface area is 183 Å². The van der Waals surface area contributed by atoms with Crippen LogP contribution < -0.4 is 10.1 Å². The fraction of sp³-hybridized carbons (Fsp3) is 0.250. The summed E-state index contributed by atoms with van der Waals surface area (Å²) in [6.45, 7) is 4.86. The maximum Gasteiger partial charge on any atom is 0.234 e. The van der Waals surface area contributed by atoms with Crippen LogP contribution in [0.5, 0.6) is 5.75 Å². The van der Waals surface area contributed by atoms with Crippen LogP contribution in [0.25, 0.3) is 0 Å². The summed E-state index contributed by atoms with van der Waals surface area (Å²) in [5, 5.41) is 13.2. The molecule has 0 aliphatic carbocycles. The van der Waals surface area contributed by atoms with Crippen LogP contribution in [-0.2, 0) is 17.9 Å². The van der Waals surface area contributed by atoms with Gasteiger partial charge in [-0.3, -0.25) is 4.79 Å². The molecule has 3 aromatic rings. The number of amides is 1. The Balaban J connectivity index is 1.58. The van der Waals surface area contributed by atoms with Gasteiger partial charge in [0.05, 0.1) is 5.75 Å². The minimum atomic E-state index is -0.134. The zero-order chi connectivity index (χ0) is 20.8. The molecule has 0 aliphatic heterocycles. The number of halogens is 2. The van der Waals surface area contributed by atoms with Crippen LogP contribution in [0.1, 0.15) is 18.3 Å². The number of rotatable bonds is 8. The van der Waals surface area contributed by atoms with Gasteiger partial charge in [0.2, 0.25) is 5.91 Å². The van der Waals surface area contributed by atoms with E-state index in [1.54, 1.807) is 36.4 Å². The lowest BCUT2D eigenvalue weighted by Crippen LogP contribution is -2.15. The molecule has 3 rings (SSSR count). The average molecular weight is 451 g/mol. The van der Waals surface area contributed by atoms with Crippen molar-refractivity contribution in [3.63, 3.8) is 0 Å². The number of thioether (sulfide) groups is 1. The maximum absolute atomic E-state index is 12.3. The number of anilines is 1. The normalized spacial score (nSPS) is 10.8. The molecule has 1 aromatic heterocycles. The highest BCUT2D eigenvalue weighted by Gasteiger charge is 2.14. The van der Waals surface area contributed by atoms with Crippen molar-refractivity contribution in [2.45, 2.75) is 32.2 Å². The van der Waals surface area contributed by atoms with E-state index in [9.17, 15) is 4.79 Å². The molecular weight excluding hydrogens is 431 g/mol. The Morgan fingerprint density at radius 2 is 1.86 bits per heavy atom. The lowest BCUT2D eigenvalue weighted by Gasteiger charge is -2.10. The molecule has 0 radical (unpaired) electrons. The highest BCUT2D eigenvalue weighted by molar-refractivity contribution is 7.99. The van der Waals surface area contributed by atoms with Gasteiger partial charge in [0, 0.05) is 22.3 Å². The second kappa shape index (κ2) is 10.0. The fourth-order valence-electron chi connectivity index (χ4n) is 2.57. The van der Waals surface area contributed by atoms with Gasteiger partial charge in [-0.05, 0) is 55.8 Å². The van der Waals surface area contributed by atoms with Crippen molar-refractivity contribution >= 4 is 46.6 Å². The Morgan fingerprint density at radius 1 is 1.14 bits per heavy atom. The number of nitrogens with one attached hydrogen (secondary N) is 1. The van der Waals surface area contributed by atoms with E-state index in [0.29, 0.717) is 39.0 Å². The molecule has 0 aliphatic rings. The molecule has 29 heavy (non-hydrogen) atoms. The molecule has 0 bridgehead atoms. The van der Waals surface area contributed by atoms with Gasteiger partial charge >= 0.3 is 0 Å².